The predicted molar refractivity (Wildman–Crippen MR) is 82.0 cm³/mol. The van der Waals surface area contributed by atoms with Gasteiger partial charge in [0.1, 0.15) is 0 Å². The van der Waals surface area contributed by atoms with E-state index < -0.39 is 0 Å². The Morgan fingerprint density at radius 3 is 2.39 bits per heavy atom. The Morgan fingerprint density at radius 1 is 0.889 bits per heavy atom. The fraction of sp³-hybridized carbons (Fsp3) is 0.143. The zero-order chi connectivity index (χ0) is 13.1. The van der Waals surface area contributed by atoms with Gasteiger partial charge in [0, 0.05) is 0 Å². The topological polar surface area (TPSA) is 52.0 Å². The summed E-state index contributed by atoms with van der Waals surface area (Å²) < 4.78 is 2.86. The molecule has 0 bridgehead atoms. The molecule has 2 aromatic rings. The summed E-state index contributed by atoms with van der Waals surface area (Å²) in [5.41, 5.74) is 16.4. The number of hydrogen-bond acceptors (Lipinski definition) is 2. The SMILES string of the molecule is Cc1ccc([Te][Te]c2cccc(C)c2N)cc1N. The fourth-order valence-corrected chi connectivity index (χ4v) is 12.3. The molecule has 0 aliphatic rings. The van der Waals surface area contributed by atoms with Gasteiger partial charge in [-0.2, -0.15) is 0 Å². The van der Waals surface area contributed by atoms with Crippen molar-refractivity contribution in [3.63, 3.8) is 0 Å². The molecule has 4 N–H and O–H groups in total. The summed E-state index contributed by atoms with van der Waals surface area (Å²) in [7, 11) is 0. The van der Waals surface area contributed by atoms with Crippen LogP contribution in [0, 0.1) is 13.8 Å². The van der Waals surface area contributed by atoms with E-state index in [0.29, 0.717) is 0 Å². The molecule has 0 saturated heterocycles. The van der Waals surface area contributed by atoms with Gasteiger partial charge in [-0.3, -0.25) is 0 Å². The van der Waals surface area contributed by atoms with Crippen LogP contribution < -0.4 is 18.7 Å². The molecule has 4 heteroatoms. The van der Waals surface area contributed by atoms with Gasteiger partial charge in [0.2, 0.25) is 0 Å². The van der Waals surface area contributed by atoms with Crippen molar-refractivity contribution in [1.29, 1.82) is 0 Å². The van der Waals surface area contributed by atoms with Crippen LogP contribution in [0.25, 0.3) is 0 Å². The molecular weight excluding hydrogens is 451 g/mol. The van der Waals surface area contributed by atoms with Crippen LogP contribution in [0.4, 0.5) is 11.4 Å². The van der Waals surface area contributed by atoms with Crippen molar-refractivity contribution in [1.82, 2.24) is 0 Å². The van der Waals surface area contributed by atoms with Crippen molar-refractivity contribution < 1.29 is 0 Å². The maximum atomic E-state index is 6.13. The third-order valence-corrected chi connectivity index (χ3v) is 14.5. The Morgan fingerprint density at radius 2 is 1.67 bits per heavy atom. The van der Waals surface area contributed by atoms with Crippen molar-refractivity contribution in [2.75, 3.05) is 11.5 Å². The van der Waals surface area contributed by atoms with Crippen LogP contribution in [0.5, 0.6) is 0 Å². The predicted octanol–water partition coefficient (Wildman–Crippen LogP) is 0.742. The minimum absolute atomic E-state index is 0.130. The summed E-state index contributed by atoms with van der Waals surface area (Å²) in [5, 5.41) is 0. The molecule has 0 fully saturated rings. The van der Waals surface area contributed by atoms with Gasteiger partial charge >= 0.3 is 126 Å². The molecule has 2 aromatic carbocycles. The molecule has 94 valence electrons. The molecule has 0 aromatic heterocycles. The molecule has 0 spiro atoms. The number of nitrogen functional groups attached to an aromatic ring is 2. The number of anilines is 2. The Bertz CT molecular complexity index is 568. The second-order valence-corrected chi connectivity index (χ2v) is 14.1. The van der Waals surface area contributed by atoms with Crippen LogP contribution in [-0.2, 0) is 0 Å². The molecule has 18 heavy (non-hydrogen) atoms. The van der Waals surface area contributed by atoms with E-state index >= 15 is 0 Å². The molecule has 0 amide bonds. The first-order chi connectivity index (χ1) is 8.58. The molecule has 0 aliphatic carbocycles. The van der Waals surface area contributed by atoms with Crippen LogP contribution >= 0.6 is 0 Å². The van der Waals surface area contributed by atoms with Crippen LogP contribution in [0.3, 0.4) is 0 Å². The van der Waals surface area contributed by atoms with Crippen molar-refractivity contribution >= 4 is 52.7 Å². The molecule has 0 aliphatic heterocycles. The summed E-state index contributed by atoms with van der Waals surface area (Å²) >= 11 is -0.284. The number of nitrogens with two attached hydrogens (primary N) is 2. The van der Waals surface area contributed by atoms with Crippen molar-refractivity contribution in [3.8, 4) is 0 Å². The first kappa shape index (κ1) is 14.0. The Hall–Kier alpha value is -0.381. The van der Waals surface area contributed by atoms with Gasteiger partial charge in [-0.25, -0.2) is 0 Å². The van der Waals surface area contributed by atoms with Crippen LogP contribution in [0.15, 0.2) is 36.4 Å². The molecule has 0 radical (unpaired) electrons. The van der Waals surface area contributed by atoms with E-state index in [0.717, 1.165) is 11.4 Å². The third kappa shape index (κ3) is 3.34. The van der Waals surface area contributed by atoms with Gasteiger partial charge in [-0.1, -0.05) is 0 Å². The van der Waals surface area contributed by atoms with Crippen LogP contribution in [0.1, 0.15) is 11.1 Å². The molecule has 0 unspecified atom stereocenters. The van der Waals surface area contributed by atoms with E-state index in [1.165, 1.54) is 18.3 Å². The standard InChI is InChI=1S/C14H16N2Te2/c1-9-6-7-11(8-12(9)15)17-18-13-5-3-4-10(2)14(13)16/h3-8H,15-16H2,1-2H3. The number of rotatable bonds is 3. The van der Waals surface area contributed by atoms with Gasteiger partial charge < -0.3 is 0 Å². The van der Waals surface area contributed by atoms with Crippen LogP contribution in [-0.4, -0.2) is 34.1 Å². The summed E-state index contributed by atoms with van der Waals surface area (Å²) in [6, 6.07) is 12.9. The fourth-order valence-electron chi connectivity index (χ4n) is 1.49. The normalized spacial score (nSPS) is 10.6. The number of para-hydroxylation sites is 1. The number of hydrogen-bond donors (Lipinski definition) is 2. The second kappa shape index (κ2) is 6.18. The van der Waals surface area contributed by atoms with E-state index in [9.17, 15) is 0 Å². The van der Waals surface area contributed by atoms with Gasteiger partial charge in [-0.15, -0.1) is 0 Å². The van der Waals surface area contributed by atoms with Gasteiger partial charge in [0.15, 0.2) is 0 Å². The van der Waals surface area contributed by atoms with Crippen LogP contribution in [0.2, 0.25) is 0 Å². The quantitative estimate of drug-likeness (QED) is 0.517. The van der Waals surface area contributed by atoms with E-state index in [1.807, 2.05) is 0 Å². The van der Waals surface area contributed by atoms with Crippen molar-refractivity contribution in [2.45, 2.75) is 13.8 Å². The monoisotopic (exact) mass is 472 g/mol. The third-order valence-electron chi connectivity index (χ3n) is 2.76. The second-order valence-electron chi connectivity index (χ2n) is 4.17. The summed E-state index contributed by atoms with van der Waals surface area (Å²) in [6.07, 6.45) is 0. The van der Waals surface area contributed by atoms with Crippen molar-refractivity contribution in [2.24, 2.45) is 0 Å². The van der Waals surface area contributed by atoms with Crippen molar-refractivity contribution in [3.05, 3.63) is 47.5 Å². The Kier molecular flexibility index (Phi) is 4.82. The number of aryl methyl sites for hydroxylation is 2. The Labute approximate surface area is 124 Å². The van der Waals surface area contributed by atoms with E-state index in [2.05, 4.69) is 50.2 Å². The average molecular weight is 467 g/mol. The molecule has 2 rings (SSSR count). The zero-order valence-electron chi connectivity index (χ0n) is 10.4. The summed E-state index contributed by atoms with van der Waals surface area (Å²) in [5.74, 6) is 0. The summed E-state index contributed by atoms with van der Waals surface area (Å²) in [4.78, 5) is 0. The van der Waals surface area contributed by atoms with E-state index in [-0.39, 0.29) is 34.1 Å². The molecule has 0 heterocycles. The van der Waals surface area contributed by atoms with Gasteiger partial charge in [-0.05, 0) is 0 Å². The van der Waals surface area contributed by atoms with Gasteiger partial charge in [0.05, 0.1) is 0 Å². The maximum absolute atomic E-state index is 6.13. The summed E-state index contributed by atoms with van der Waals surface area (Å²) in [6.45, 7) is 4.13. The molecule has 0 atom stereocenters. The van der Waals surface area contributed by atoms with E-state index in [1.54, 1.807) is 0 Å². The first-order valence-electron chi connectivity index (χ1n) is 5.63. The first-order valence-corrected chi connectivity index (χ1v) is 15.3. The van der Waals surface area contributed by atoms with Gasteiger partial charge in [0.25, 0.3) is 0 Å². The average Bonchev–Trinajstić information content (AvgIpc) is 2.35. The zero-order valence-corrected chi connectivity index (χ0v) is 15.1. The van der Waals surface area contributed by atoms with E-state index in [4.69, 9.17) is 11.5 Å². The Balaban J connectivity index is 2.11. The molecule has 2 nitrogen and oxygen atoms in total. The minimum atomic E-state index is -0.154. The molecule has 0 saturated carbocycles. The molecular formula is C14H16N2Te2. The number of benzene rings is 2.